The number of fused-ring (bicyclic) bond motifs is 1. The van der Waals surface area contributed by atoms with Gasteiger partial charge in [-0.2, -0.15) is 0 Å². The van der Waals surface area contributed by atoms with Crippen LogP contribution < -0.4 is 4.74 Å². The van der Waals surface area contributed by atoms with E-state index in [1.807, 2.05) is 45.0 Å². The van der Waals surface area contributed by atoms with Crippen molar-refractivity contribution < 1.29 is 9.53 Å². The summed E-state index contributed by atoms with van der Waals surface area (Å²) in [4.78, 5) is 12.6. The minimum Gasteiger partial charge on any atom is -0.425 e. The zero-order chi connectivity index (χ0) is 19.1. The Balaban J connectivity index is 2.34. The topological polar surface area (TPSA) is 26.3 Å². The molecular formula is C23H23IO2. The van der Waals surface area contributed by atoms with Crippen LogP contribution in [0.4, 0.5) is 0 Å². The first kappa shape index (κ1) is 18.9. The van der Waals surface area contributed by atoms with E-state index in [4.69, 9.17) is 4.74 Å². The summed E-state index contributed by atoms with van der Waals surface area (Å²) in [6.45, 7) is 9.83. The van der Waals surface area contributed by atoms with Gasteiger partial charge in [0.05, 0.1) is 5.41 Å². The Morgan fingerprint density at radius 1 is 0.885 bits per heavy atom. The van der Waals surface area contributed by atoms with Gasteiger partial charge in [-0.25, -0.2) is 0 Å². The lowest BCUT2D eigenvalue weighted by atomic mass is 9.92. The number of carbonyl (C=O) groups excluding carboxylic acids is 1. The Hall–Kier alpha value is -1.88. The largest absolute Gasteiger partial charge is 0.425 e. The fraction of sp³-hybridized carbons (Fsp3) is 0.261. The zero-order valence-electron chi connectivity index (χ0n) is 15.8. The van der Waals surface area contributed by atoms with E-state index in [-0.39, 0.29) is 5.97 Å². The van der Waals surface area contributed by atoms with Crippen molar-refractivity contribution in [2.24, 2.45) is 5.41 Å². The van der Waals surface area contributed by atoms with Crippen LogP contribution >= 0.6 is 22.6 Å². The van der Waals surface area contributed by atoms with Crippen LogP contribution in [0.3, 0.4) is 0 Å². The maximum Gasteiger partial charge on any atom is 0.316 e. The SMILES string of the molecule is Cc1ccc(C)c(-c2c(OC(=O)C(C)(C)C)ccc3ccccc23)c1I. The third-order valence-corrected chi connectivity index (χ3v) is 5.89. The number of rotatable bonds is 2. The van der Waals surface area contributed by atoms with Crippen molar-refractivity contribution in [3.63, 3.8) is 0 Å². The van der Waals surface area contributed by atoms with Crippen molar-refractivity contribution in [1.82, 2.24) is 0 Å². The molecule has 0 saturated carbocycles. The van der Waals surface area contributed by atoms with Crippen LogP contribution in [0.25, 0.3) is 21.9 Å². The third kappa shape index (κ3) is 3.50. The number of carbonyl (C=O) groups is 1. The molecule has 0 heterocycles. The second-order valence-electron chi connectivity index (χ2n) is 7.69. The van der Waals surface area contributed by atoms with E-state index in [2.05, 4.69) is 60.7 Å². The van der Waals surface area contributed by atoms with Gasteiger partial charge in [0.25, 0.3) is 0 Å². The molecule has 0 aromatic heterocycles. The Morgan fingerprint density at radius 2 is 1.54 bits per heavy atom. The van der Waals surface area contributed by atoms with Gasteiger partial charge in [0, 0.05) is 14.7 Å². The van der Waals surface area contributed by atoms with E-state index in [1.165, 1.54) is 14.7 Å². The van der Waals surface area contributed by atoms with E-state index in [1.54, 1.807) is 0 Å². The summed E-state index contributed by atoms with van der Waals surface area (Å²) in [5, 5.41) is 2.23. The Morgan fingerprint density at radius 3 is 2.23 bits per heavy atom. The molecule has 3 heteroatoms. The van der Waals surface area contributed by atoms with Crippen LogP contribution in [-0.4, -0.2) is 5.97 Å². The van der Waals surface area contributed by atoms with E-state index in [9.17, 15) is 4.79 Å². The number of aryl methyl sites for hydroxylation is 2. The molecular weight excluding hydrogens is 435 g/mol. The highest BCUT2D eigenvalue weighted by atomic mass is 127. The summed E-state index contributed by atoms with van der Waals surface area (Å²) in [6.07, 6.45) is 0. The van der Waals surface area contributed by atoms with Gasteiger partial charge in [0.1, 0.15) is 5.75 Å². The molecule has 0 N–H and O–H groups in total. The first-order valence-corrected chi connectivity index (χ1v) is 9.78. The van der Waals surface area contributed by atoms with Crippen LogP contribution in [0.1, 0.15) is 31.9 Å². The van der Waals surface area contributed by atoms with Crippen LogP contribution in [0.2, 0.25) is 0 Å². The first-order chi connectivity index (χ1) is 12.2. The molecule has 0 amide bonds. The number of hydrogen-bond donors (Lipinski definition) is 0. The monoisotopic (exact) mass is 458 g/mol. The second kappa shape index (κ2) is 7.03. The fourth-order valence-electron chi connectivity index (χ4n) is 2.93. The lowest BCUT2D eigenvalue weighted by Crippen LogP contribution is -2.25. The number of halogens is 1. The highest BCUT2D eigenvalue weighted by Gasteiger charge is 2.26. The van der Waals surface area contributed by atoms with Gasteiger partial charge in [0.2, 0.25) is 0 Å². The van der Waals surface area contributed by atoms with Crippen LogP contribution in [0.5, 0.6) is 5.75 Å². The van der Waals surface area contributed by atoms with Crippen LogP contribution in [0.15, 0.2) is 48.5 Å². The molecule has 3 aromatic carbocycles. The van der Waals surface area contributed by atoms with Crippen molar-refractivity contribution in [2.45, 2.75) is 34.6 Å². The lowest BCUT2D eigenvalue weighted by molar-refractivity contribution is -0.142. The normalized spacial score (nSPS) is 11.6. The van der Waals surface area contributed by atoms with E-state index < -0.39 is 5.41 Å². The predicted octanol–water partition coefficient (Wildman–Crippen LogP) is 6.68. The van der Waals surface area contributed by atoms with Gasteiger partial charge >= 0.3 is 5.97 Å². The lowest BCUT2D eigenvalue weighted by Gasteiger charge is -2.21. The summed E-state index contributed by atoms with van der Waals surface area (Å²) in [6, 6.07) is 16.4. The summed E-state index contributed by atoms with van der Waals surface area (Å²) < 4.78 is 7.07. The fourth-order valence-corrected chi connectivity index (χ4v) is 3.81. The number of ether oxygens (including phenoxy) is 1. The van der Waals surface area contributed by atoms with E-state index in [0.717, 1.165) is 21.9 Å². The highest BCUT2D eigenvalue weighted by molar-refractivity contribution is 14.1. The molecule has 0 saturated heterocycles. The maximum atomic E-state index is 12.6. The van der Waals surface area contributed by atoms with Crippen molar-refractivity contribution in [3.8, 4) is 16.9 Å². The first-order valence-electron chi connectivity index (χ1n) is 8.70. The van der Waals surface area contributed by atoms with Gasteiger partial charge in [-0.15, -0.1) is 0 Å². The minimum absolute atomic E-state index is 0.227. The van der Waals surface area contributed by atoms with Crippen LogP contribution in [-0.2, 0) is 4.79 Å². The molecule has 26 heavy (non-hydrogen) atoms. The van der Waals surface area contributed by atoms with Gasteiger partial charge in [-0.1, -0.05) is 42.5 Å². The summed E-state index contributed by atoms with van der Waals surface area (Å²) >= 11 is 2.39. The molecule has 3 rings (SSSR count). The molecule has 2 nitrogen and oxygen atoms in total. The van der Waals surface area contributed by atoms with E-state index >= 15 is 0 Å². The van der Waals surface area contributed by atoms with Crippen molar-refractivity contribution in [1.29, 1.82) is 0 Å². The second-order valence-corrected chi connectivity index (χ2v) is 8.77. The summed E-state index contributed by atoms with van der Waals surface area (Å²) in [7, 11) is 0. The zero-order valence-corrected chi connectivity index (χ0v) is 18.0. The predicted molar refractivity (Wildman–Crippen MR) is 117 cm³/mol. The average molecular weight is 458 g/mol. The molecule has 0 fully saturated rings. The molecule has 0 radical (unpaired) electrons. The van der Waals surface area contributed by atoms with Gasteiger partial charge in [0.15, 0.2) is 0 Å². The molecule has 0 spiro atoms. The van der Waals surface area contributed by atoms with Gasteiger partial charge < -0.3 is 4.74 Å². The summed E-state index contributed by atoms with van der Waals surface area (Å²) in [5.41, 5.74) is 3.96. The summed E-state index contributed by atoms with van der Waals surface area (Å²) in [5.74, 6) is 0.393. The van der Waals surface area contributed by atoms with Crippen molar-refractivity contribution in [2.75, 3.05) is 0 Å². The Bertz CT molecular complexity index is 997. The number of hydrogen-bond acceptors (Lipinski definition) is 2. The Kier molecular flexibility index (Phi) is 5.11. The highest BCUT2D eigenvalue weighted by Crippen LogP contribution is 2.42. The smallest absolute Gasteiger partial charge is 0.316 e. The molecule has 0 aliphatic carbocycles. The molecule has 3 aromatic rings. The van der Waals surface area contributed by atoms with Crippen molar-refractivity contribution >= 4 is 39.3 Å². The molecule has 0 aliphatic rings. The third-order valence-electron chi connectivity index (χ3n) is 4.50. The maximum absolute atomic E-state index is 12.6. The molecule has 0 aliphatic heterocycles. The van der Waals surface area contributed by atoms with Gasteiger partial charge in [-0.05, 0) is 85.2 Å². The van der Waals surface area contributed by atoms with Crippen LogP contribution in [0, 0.1) is 22.8 Å². The number of esters is 1. The number of benzene rings is 3. The molecule has 0 unspecified atom stereocenters. The van der Waals surface area contributed by atoms with Gasteiger partial charge in [-0.3, -0.25) is 4.79 Å². The quantitative estimate of drug-likeness (QED) is 0.243. The Labute approximate surface area is 168 Å². The van der Waals surface area contributed by atoms with Crippen molar-refractivity contribution in [3.05, 3.63) is 63.2 Å². The standard InChI is InChI=1S/C23H23IO2/c1-14-10-11-15(2)21(24)19(14)20-17-9-7-6-8-16(17)12-13-18(20)26-22(25)23(3,4)5/h6-13H,1-5H3. The minimum atomic E-state index is -0.558. The average Bonchev–Trinajstić information content (AvgIpc) is 2.59. The molecule has 0 atom stereocenters. The molecule has 0 bridgehead atoms. The van der Waals surface area contributed by atoms with E-state index in [0.29, 0.717) is 5.75 Å². The molecule has 134 valence electrons.